The van der Waals surface area contributed by atoms with E-state index >= 15 is 0 Å². The van der Waals surface area contributed by atoms with Gasteiger partial charge < -0.3 is 10.1 Å². The molecule has 0 aromatic heterocycles. The lowest BCUT2D eigenvalue weighted by Gasteiger charge is -2.19. The summed E-state index contributed by atoms with van der Waals surface area (Å²) < 4.78 is 5.48. The lowest BCUT2D eigenvalue weighted by atomic mass is 9.99. The third-order valence-corrected chi connectivity index (χ3v) is 3.60. The van der Waals surface area contributed by atoms with Gasteiger partial charge in [0.2, 0.25) is 0 Å². The number of carbonyl (C=O) groups is 2. The van der Waals surface area contributed by atoms with Gasteiger partial charge in [0.1, 0.15) is 17.9 Å². The third-order valence-electron chi connectivity index (χ3n) is 3.60. The minimum Gasteiger partial charge on any atom is -0.492 e. The molecule has 3 amide bonds. The van der Waals surface area contributed by atoms with E-state index in [0.29, 0.717) is 17.7 Å². The second-order valence-corrected chi connectivity index (χ2v) is 5.06. The highest BCUT2D eigenvalue weighted by Gasteiger charge is 2.46. The van der Waals surface area contributed by atoms with Crippen LogP contribution in [0.5, 0.6) is 5.75 Å². The summed E-state index contributed by atoms with van der Waals surface area (Å²) in [5, 5.41) is 11.5. The van der Waals surface area contributed by atoms with E-state index in [-0.39, 0.29) is 19.1 Å². The number of hydrogen-bond acceptors (Lipinski definition) is 4. The van der Waals surface area contributed by atoms with Gasteiger partial charge in [-0.1, -0.05) is 13.0 Å². The van der Waals surface area contributed by atoms with Crippen LogP contribution in [0.3, 0.4) is 0 Å². The summed E-state index contributed by atoms with van der Waals surface area (Å²) in [6.45, 7) is 3.93. The van der Waals surface area contributed by atoms with Crippen LogP contribution < -0.4 is 10.1 Å². The molecule has 1 heterocycles. The number of urea groups is 1. The quantitative estimate of drug-likeness (QED) is 0.835. The Kier molecular flexibility index (Phi) is 4.13. The molecule has 1 unspecified atom stereocenters. The molecule has 1 aliphatic rings. The Morgan fingerprint density at radius 1 is 1.43 bits per heavy atom. The van der Waals surface area contributed by atoms with E-state index in [2.05, 4.69) is 5.32 Å². The molecule has 0 saturated carbocycles. The standard InChI is InChI=1S/C15H17N3O3/c1-3-15(2)13(19)18(14(20)17-15)7-8-21-12-6-4-5-11(9-12)10-16/h4-6,9H,3,7-8H2,1-2H3,(H,17,20). The molecule has 2 rings (SSSR count). The van der Waals surface area contributed by atoms with Crippen molar-refractivity contribution >= 4 is 11.9 Å². The Morgan fingerprint density at radius 3 is 2.81 bits per heavy atom. The molecular formula is C15H17N3O3. The van der Waals surface area contributed by atoms with Gasteiger partial charge in [0, 0.05) is 0 Å². The number of benzene rings is 1. The molecule has 0 spiro atoms. The first kappa shape index (κ1) is 14.9. The van der Waals surface area contributed by atoms with Crippen molar-refractivity contribution in [3.63, 3.8) is 0 Å². The Morgan fingerprint density at radius 2 is 2.19 bits per heavy atom. The molecule has 1 aromatic rings. The molecule has 1 fully saturated rings. The fraction of sp³-hybridized carbons (Fsp3) is 0.400. The van der Waals surface area contributed by atoms with Crippen molar-refractivity contribution in [3.05, 3.63) is 29.8 Å². The number of rotatable bonds is 5. The molecule has 1 aromatic carbocycles. The summed E-state index contributed by atoms with van der Waals surface area (Å²) in [6, 6.07) is 8.37. The Hall–Kier alpha value is -2.55. The Labute approximate surface area is 123 Å². The van der Waals surface area contributed by atoms with Gasteiger partial charge in [0.25, 0.3) is 5.91 Å². The third kappa shape index (κ3) is 2.97. The summed E-state index contributed by atoms with van der Waals surface area (Å²) in [6.07, 6.45) is 0.541. The molecule has 1 aliphatic heterocycles. The molecule has 6 nitrogen and oxygen atoms in total. The first-order valence-corrected chi connectivity index (χ1v) is 6.77. The highest BCUT2D eigenvalue weighted by atomic mass is 16.5. The normalized spacial score (nSPS) is 21.1. The number of carbonyl (C=O) groups excluding carboxylic acids is 2. The summed E-state index contributed by atoms with van der Waals surface area (Å²) >= 11 is 0. The van der Waals surface area contributed by atoms with Crippen LogP contribution in [0.25, 0.3) is 0 Å². The van der Waals surface area contributed by atoms with Crippen molar-refractivity contribution in [1.29, 1.82) is 5.26 Å². The number of ether oxygens (including phenoxy) is 1. The molecule has 110 valence electrons. The predicted molar refractivity (Wildman–Crippen MR) is 75.6 cm³/mol. The van der Waals surface area contributed by atoms with Gasteiger partial charge in [0.15, 0.2) is 0 Å². The first-order chi connectivity index (χ1) is 10.00. The van der Waals surface area contributed by atoms with Crippen LogP contribution in [0, 0.1) is 11.3 Å². The van der Waals surface area contributed by atoms with E-state index in [4.69, 9.17) is 10.00 Å². The van der Waals surface area contributed by atoms with Crippen LogP contribution in [0.2, 0.25) is 0 Å². The van der Waals surface area contributed by atoms with Crippen molar-refractivity contribution in [2.75, 3.05) is 13.2 Å². The van der Waals surface area contributed by atoms with E-state index in [0.717, 1.165) is 4.90 Å². The highest BCUT2D eigenvalue weighted by molar-refractivity contribution is 6.06. The molecule has 0 radical (unpaired) electrons. The van der Waals surface area contributed by atoms with Crippen LogP contribution >= 0.6 is 0 Å². The van der Waals surface area contributed by atoms with Gasteiger partial charge in [-0.3, -0.25) is 9.69 Å². The van der Waals surface area contributed by atoms with Crippen LogP contribution in [0.1, 0.15) is 25.8 Å². The van der Waals surface area contributed by atoms with Crippen LogP contribution in [0.15, 0.2) is 24.3 Å². The van der Waals surface area contributed by atoms with E-state index in [1.54, 1.807) is 31.2 Å². The zero-order valence-electron chi connectivity index (χ0n) is 12.0. The monoisotopic (exact) mass is 287 g/mol. The van der Waals surface area contributed by atoms with Crippen LogP contribution in [-0.4, -0.2) is 35.5 Å². The second kappa shape index (κ2) is 5.83. The molecule has 21 heavy (non-hydrogen) atoms. The lowest BCUT2D eigenvalue weighted by molar-refractivity contribution is -0.131. The zero-order valence-corrected chi connectivity index (χ0v) is 12.0. The van der Waals surface area contributed by atoms with E-state index < -0.39 is 11.6 Å². The zero-order chi connectivity index (χ0) is 15.5. The average Bonchev–Trinajstić information content (AvgIpc) is 2.71. The summed E-state index contributed by atoms with van der Waals surface area (Å²) in [5.41, 5.74) is -0.321. The van der Waals surface area contributed by atoms with Crippen molar-refractivity contribution in [2.45, 2.75) is 25.8 Å². The maximum absolute atomic E-state index is 12.2. The summed E-state index contributed by atoms with van der Waals surface area (Å²) in [5.74, 6) is 0.309. The largest absolute Gasteiger partial charge is 0.492 e. The van der Waals surface area contributed by atoms with Gasteiger partial charge in [0.05, 0.1) is 18.2 Å². The van der Waals surface area contributed by atoms with E-state index in [1.165, 1.54) is 0 Å². The van der Waals surface area contributed by atoms with Crippen molar-refractivity contribution < 1.29 is 14.3 Å². The molecule has 1 N–H and O–H groups in total. The number of amides is 3. The van der Waals surface area contributed by atoms with Crippen LogP contribution in [0.4, 0.5) is 4.79 Å². The maximum Gasteiger partial charge on any atom is 0.325 e. The van der Waals surface area contributed by atoms with Crippen LogP contribution in [-0.2, 0) is 4.79 Å². The number of imide groups is 1. The van der Waals surface area contributed by atoms with Gasteiger partial charge >= 0.3 is 6.03 Å². The van der Waals surface area contributed by atoms with E-state index in [9.17, 15) is 9.59 Å². The number of nitrogens with zero attached hydrogens (tertiary/aromatic N) is 2. The minimum atomic E-state index is -0.822. The SMILES string of the molecule is CCC1(C)NC(=O)N(CCOc2cccc(C#N)c2)C1=O. The Bertz CT molecular complexity index is 608. The maximum atomic E-state index is 12.2. The fourth-order valence-corrected chi connectivity index (χ4v) is 2.10. The van der Waals surface area contributed by atoms with Crippen molar-refractivity contribution in [3.8, 4) is 11.8 Å². The number of nitriles is 1. The second-order valence-electron chi connectivity index (χ2n) is 5.06. The topological polar surface area (TPSA) is 82.4 Å². The van der Waals surface area contributed by atoms with E-state index in [1.807, 2.05) is 13.0 Å². The van der Waals surface area contributed by atoms with Gasteiger partial charge in [-0.25, -0.2) is 4.79 Å². The van der Waals surface area contributed by atoms with Crippen molar-refractivity contribution in [2.24, 2.45) is 0 Å². The Balaban J connectivity index is 1.93. The summed E-state index contributed by atoms with van der Waals surface area (Å²) in [4.78, 5) is 25.1. The van der Waals surface area contributed by atoms with Crippen molar-refractivity contribution in [1.82, 2.24) is 10.2 Å². The average molecular weight is 287 g/mol. The predicted octanol–water partition coefficient (Wildman–Crippen LogP) is 1.66. The number of nitrogens with one attached hydrogen (secondary N) is 1. The first-order valence-electron chi connectivity index (χ1n) is 6.77. The van der Waals surface area contributed by atoms with Gasteiger partial charge in [-0.15, -0.1) is 0 Å². The summed E-state index contributed by atoms with van der Waals surface area (Å²) in [7, 11) is 0. The molecule has 1 atom stereocenters. The van der Waals surface area contributed by atoms with Gasteiger partial charge in [-0.05, 0) is 31.5 Å². The minimum absolute atomic E-state index is 0.178. The highest BCUT2D eigenvalue weighted by Crippen LogP contribution is 2.20. The van der Waals surface area contributed by atoms with Gasteiger partial charge in [-0.2, -0.15) is 5.26 Å². The fourth-order valence-electron chi connectivity index (χ4n) is 2.10. The lowest BCUT2D eigenvalue weighted by Crippen LogP contribution is -2.43. The molecule has 1 saturated heterocycles. The smallest absolute Gasteiger partial charge is 0.325 e. The number of hydrogen-bond donors (Lipinski definition) is 1. The molecule has 0 bridgehead atoms. The molecular weight excluding hydrogens is 270 g/mol. The molecule has 0 aliphatic carbocycles. The molecule has 6 heteroatoms.